The lowest BCUT2D eigenvalue weighted by Gasteiger charge is -2.35. The number of amides is 1. The molecular weight excluding hydrogens is 242 g/mol. The summed E-state index contributed by atoms with van der Waals surface area (Å²) < 4.78 is 0. The molecule has 0 saturated carbocycles. The molecule has 2 atom stereocenters. The summed E-state index contributed by atoms with van der Waals surface area (Å²) >= 11 is 0. The van der Waals surface area contributed by atoms with Crippen LogP contribution in [-0.4, -0.2) is 35.0 Å². The Labute approximate surface area is 116 Å². The number of piperidine rings is 1. The highest BCUT2D eigenvalue weighted by Crippen LogP contribution is 2.26. The fourth-order valence-electron chi connectivity index (χ4n) is 2.71. The van der Waals surface area contributed by atoms with Crippen molar-refractivity contribution in [2.24, 2.45) is 17.8 Å². The SMILES string of the molecule is CC(C)CCC(=O)N1CCCC(C(C)CC(=O)O)C1. The Morgan fingerprint density at radius 2 is 2.00 bits per heavy atom. The number of hydrogen-bond donors (Lipinski definition) is 1. The van der Waals surface area contributed by atoms with Crippen LogP contribution in [0.3, 0.4) is 0 Å². The van der Waals surface area contributed by atoms with Crippen LogP contribution in [0.15, 0.2) is 0 Å². The number of nitrogens with zero attached hydrogens (tertiary/aromatic N) is 1. The third-order valence-corrected chi connectivity index (χ3v) is 4.05. The zero-order valence-electron chi connectivity index (χ0n) is 12.4. The van der Waals surface area contributed by atoms with Gasteiger partial charge in [0.1, 0.15) is 0 Å². The van der Waals surface area contributed by atoms with E-state index in [9.17, 15) is 9.59 Å². The molecule has 4 nitrogen and oxygen atoms in total. The van der Waals surface area contributed by atoms with E-state index in [0.29, 0.717) is 18.3 Å². The van der Waals surface area contributed by atoms with E-state index < -0.39 is 5.97 Å². The van der Waals surface area contributed by atoms with E-state index in [1.54, 1.807) is 0 Å². The molecule has 4 heteroatoms. The third kappa shape index (κ3) is 5.62. The number of carbonyl (C=O) groups is 2. The summed E-state index contributed by atoms with van der Waals surface area (Å²) in [5.74, 6) is 0.540. The summed E-state index contributed by atoms with van der Waals surface area (Å²) in [6.07, 6.45) is 3.81. The highest BCUT2D eigenvalue weighted by Gasteiger charge is 2.28. The average Bonchev–Trinajstić information content (AvgIpc) is 2.35. The second kappa shape index (κ2) is 7.51. The number of carboxylic acids is 1. The zero-order valence-corrected chi connectivity index (χ0v) is 12.4. The van der Waals surface area contributed by atoms with Crippen LogP contribution in [-0.2, 0) is 9.59 Å². The van der Waals surface area contributed by atoms with Crippen LogP contribution in [0.4, 0.5) is 0 Å². The molecule has 0 spiro atoms. The maximum atomic E-state index is 12.1. The molecule has 0 bridgehead atoms. The van der Waals surface area contributed by atoms with Gasteiger partial charge in [0.15, 0.2) is 0 Å². The quantitative estimate of drug-likeness (QED) is 0.806. The van der Waals surface area contributed by atoms with Gasteiger partial charge in [-0.2, -0.15) is 0 Å². The Kier molecular flexibility index (Phi) is 6.32. The first-order valence-corrected chi connectivity index (χ1v) is 7.39. The normalized spacial score (nSPS) is 21.5. The van der Waals surface area contributed by atoms with Crippen molar-refractivity contribution in [3.63, 3.8) is 0 Å². The van der Waals surface area contributed by atoms with Crippen molar-refractivity contribution in [1.82, 2.24) is 4.90 Å². The predicted octanol–water partition coefficient (Wildman–Crippen LogP) is 2.77. The van der Waals surface area contributed by atoms with E-state index in [4.69, 9.17) is 5.11 Å². The predicted molar refractivity (Wildman–Crippen MR) is 74.8 cm³/mol. The van der Waals surface area contributed by atoms with Gasteiger partial charge in [-0.1, -0.05) is 20.8 Å². The van der Waals surface area contributed by atoms with Crippen molar-refractivity contribution >= 4 is 11.9 Å². The largest absolute Gasteiger partial charge is 0.481 e. The Morgan fingerprint density at radius 1 is 1.32 bits per heavy atom. The van der Waals surface area contributed by atoms with Crippen LogP contribution in [0.5, 0.6) is 0 Å². The van der Waals surface area contributed by atoms with E-state index in [-0.39, 0.29) is 18.2 Å². The van der Waals surface area contributed by atoms with Crippen LogP contribution >= 0.6 is 0 Å². The standard InChI is InChI=1S/C15H27NO3/c1-11(2)6-7-14(17)16-8-4-5-13(10-16)12(3)9-15(18)19/h11-13H,4-10H2,1-3H3,(H,18,19). The second-order valence-corrected chi connectivity index (χ2v) is 6.25. The van der Waals surface area contributed by atoms with Gasteiger partial charge in [-0.15, -0.1) is 0 Å². The zero-order chi connectivity index (χ0) is 14.4. The molecule has 2 unspecified atom stereocenters. The lowest BCUT2D eigenvalue weighted by molar-refractivity contribution is -0.138. The Bertz CT molecular complexity index is 315. The van der Waals surface area contributed by atoms with Gasteiger partial charge in [-0.3, -0.25) is 9.59 Å². The van der Waals surface area contributed by atoms with E-state index in [2.05, 4.69) is 13.8 Å². The fraction of sp³-hybridized carbons (Fsp3) is 0.867. The number of rotatable bonds is 6. The Hall–Kier alpha value is -1.06. The number of carbonyl (C=O) groups excluding carboxylic acids is 1. The van der Waals surface area contributed by atoms with Gasteiger partial charge in [0, 0.05) is 25.9 Å². The van der Waals surface area contributed by atoms with Gasteiger partial charge >= 0.3 is 5.97 Å². The molecule has 0 radical (unpaired) electrons. The van der Waals surface area contributed by atoms with Gasteiger partial charge < -0.3 is 10.0 Å². The first-order chi connectivity index (χ1) is 8.90. The molecule has 1 heterocycles. The molecule has 1 rings (SSSR count). The minimum atomic E-state index is -0.740. The van der Waals surface area contributed by atoms with Crippen molar-refractivity contribution in [1.29, 1.82) is 0 Å². The molecule has 1 aliphatic heterocycles. The molecule has 1 aliphatic rings. The average molecular weight is 269 g/mol. The van der Waals surface area contributed by atoms with Crippen LogP contribution in [0.25, 0.3) is 0 Å². The highest BCUT2D eigenvalue weighted by molar-refractivity contribution is 5.76. The lowest BCUT2D eigenvalue weighted by Crippen LogP contribution is -2.42. The van der Waals surface area contributed by atoms with Crippen molar-refractivity contribution in [2.75, 3.05) is 13.1 Å². The molecule has 19 heavy (non-hydrogen) atoms. The minimum absolute atomic E-state index is 0.151. The first kappa shape index (κ1) is 16.0. The van der Waals surface area contributed by atoms with Crippen molar-refractivity contribution < 1.29 is 14.7 Å². The lowest BCUT2D eigenvalue weighted by atomic mass is 9.84. The minimum Gasteiger partial charge on any atom is -0.481 e. The van der Waals surface area contributed by atoms with Gasteiger partial charge in [0.2, 0.25) is 5.91 Å². The van der Waals surface area contributed by atoms with E-state index in [0.717, 1.165) is 32.4 Å². The summed E-state index contributed by atoms with van der Waals surface area (Å²) in [5, 5.41) is 8.85. The molecule has 0 aromatic heterocycles. The summed E-state index contributed by atoms with van der Waals surface area (Å²) in [6.45, 7) is 7.82. The Morgan fingerprint density at radius 3 is 2.58 bits per heavy atom. The van der Waals surface area contributed by atoms with Gasteiger partial charge in [-0.25, -0.2) is 0 Å². The Balaban J connectivity index is 2.45. The van der Waals surface area contributed by atoms with Gasteiger partial charge in [0.05, 0.1) is 0 Å². The summed E-state index contributed by atoms with van der Waals surface area (Å²) in [5.41, 5.74) is 0. The van der Waals surface area contributed by atoms with Crippen LogP contribution < -0.4 is 0 Å². The second-order valence-electron chi connectivity index (χ2n) is 6.25. The summed E-state index contributed by atoms with van der Waals surface area (Å²) in [7, 11) is 0. The van der Waals surface area contributed by atoms with E-state index in [1.807, 2.05) is 11.8 Å². The molecule has 1 fully saturated rings. The van der Waals surface area contributed by atoms with Crippen molar-refractivity contribution in [3.8, 4) is 0 Å². The maximum Gasteiger partial charge on any atom is 0.303 e. The van der Waals surface area contributed by atoms with Crippen LogP contribution in [0.1, 0.15) is 52.9 Å². The molecule has 0 aromatic rings. The third-order valence-electron chi connectivity index (χ3n) is 4.05. The molecule has 1 saturated heterocycles. The first-order valence-electron chi connectivity index (χ1n) is 7.39. The van der Waals surface area contributed by atoms with Gasteiger partial charge in [-0.05, 0) is 37.0 Å². The van der Waals surface area contributed by atoms with Crippen molar-refractivity contribution in [2.45, 2.75) is 52.9 Å². The van der Waals surface area contributed by atoms with Crippen molar-refractivity contribution in [3.05, 3.63) is 0 Å². The molecule has 110 valence electrons. The van der Waals surface area contributed by atoms with Crippen LogP contribution in [0.2, 0.25) is 0 Å². The number of carboxylic acid groups (broad SMARTS) is 1. The topological polar surface area (TPSA) is 57.6 Å². The molecule has 0 aromatic carbocycles. The highest BCUT2D eigenvalue weighted by atomic mass is 16.4. The number of likely N-dealkylation sites (tertiary alicyclic amines) is 1. The molecule has 0 aliphatic carbocycles. The van der Waals surface area contributed by atoms with E-state index >= 15 is 0 Å². The summed E-state index contributed by atoms with van der Waals surface area (Å²) in [4.78, 5) is 24.8. The number of aliphatic carboxylic acids is 1. The van der Waals surface area contributed by atoms with Crippen LogP contribution in [0, 0.1) is 17.8 Å². The smallest absolute Gasteiger partial charge is 0.303 e. The van der Waals surface area contributed by atoms with E-state index in [1.165, 1.54) is 0 Å². The molecule has 1 amide bonds. The maximum absolute atomic E-state index is 12.1. The monoisotopic (exact) mass is 269 g/mol. The number of hydrogen-bond acceptors (Lipinski definition) is 2. The van der Waals surface area contributed by atoms with Gasteiger partial charge in [0.25, 0.3) is 0 Å². The molecule has 1 N–H and O–H groups in total. The molecular formula is C15H27NO3. The summed E-state index contributed by atoms with van der Waals surface area (Å²) in [6, 6.07) is 0. The fourth-order valence-corrected chi connectivity index (χ4v) is 2.71.